The van der Waals surface area contributed by atoms with Gasteiger partial charge in [0.15, 0.2) is 0 Å². The normalized spacial score (nSPS) is 12.6. The Morgan fingerprint density at radius 3 is 2.41 bits per heavy atom. The SMILES string of the molecule is CCc1ccc(C(NN)c2ccoc2C)cc1. The lowest BCUT2D eigenvalue weighted by atomic mass is 9.98. The topological polar surface area (TPSA) is 51.2 Å². The van der Waals surface area contributed by atoms with Gasteiger partial charge in [-0.3, -0.25) is 5.84 Å². The van der Waals surface area contributed by atoms with Crippen LogP contribution in [0.25, 0.3) is 0 Å². The number of nitrogens with one attached hydrogen (secondary N) is 1. The molecule has 1 atom stereocenters. The Kier molecular flexibility index (Phi) is 3.61. The van der Waals surface area contributed by atoms with Crippen LogP contribution in [0.5, 0.6) is 0 Å². The quantitative estimate of drug-likeness (QED) is 0.627. The first kappa shape index (κ1) is 11.9. The van der Waals surface area contributed by atoms with Gasteiger partial charge in [0.2, 0.25) is 0 Å². The molecule has 0 aliphatic rings. The smallest absolute Gasteiger partial charge is 0.105 e. The van der Waals surface area contributed by atoms with Crippen LogP contribution in [-0.4, -0.2) is 0 Å². The van der Waals surface area contributed by atoms with Crippen molar-refractivity contribution in [2.75, 3.05) is 0 Å². The fourth-order valence-corrected chi connectivity index (χ4v) is 2.01. The van der Waals surface area contributed by atoms with Crippen molar-refractivity contribution in [3.8, 4) is 0 Å². The molecule has 0 saturated heterocycles. The molecule has 0 bridgehead atoms. The zero-order chi connectivity index (χ0) is 12.3. The van der Waals surface area contributed by atoms with Gasteiger partial charge < -0.3 is 4.42 Å². The number of benzene rings is 1. The first-order chi connectivity index (χ1) is 8.26. The van der Waals surface area contributed by atoms with Crippen molar-refractivity contribution in [3.63, 3.8) is 0 Å². The van der Waals surface area contributed by atoms with E-state index in [-0.39, 0.29) is 6.04 Å². The maximum atomic E-state index is 5.64. The van der Waals surface area contributed by atoms with Crippen molar-refractivity contribution in [3.05, 3.63) is 59.0 Å². The summed E-state index contributed by atoms with van der Waals surface area (Å²) in [5.74, 6) is 6.54. The number of aryl methyl sites for hydroxylation is 2. The molecule has 17 heavy (non-hydrogen) atoms. The van der Waals surface area contributed by atoms with Crippen LogP contribution in [0.2, 0.25) is 0 Å². The van der Waals surface area contributed by atoms with Crippen molar-refractivity contribution >= 4 is 0 Å². The molecular weight excluding hydrogens is 212 g/mol. The molecule has 0 aliphatic heterocycles. The van der Waals surface area contributed by atoms with Crippen LogP contribution < -0.4 is 11.3 Å². The molecule has 0 aliphatic carbocycles. The van der Waals surface area contributed by atoms with E-state index in [9.17, 15) is 0 Å². The van der Waals surface area contributed by atoms with E-state index in [1.54, 1.807) is 6.26 Å². The zero-order valence-electron chi connectivity index (χ0n) is 10.2. The largest absolute Gasteiger partial charge is 0.469 e. The predicted molar refractivity (Wildman–Crippen MR) is 68.4 cm³/mol. The van der Waals surface area contributed by atoms with E-state index in [1.165, 1.54) is 5.56 Å². The molecule has 3 N–H and O–H groups in total. The summed E-state index contributed by atoms with van der Waals surface area (Å²) in [5.41, 5.74) is 6.39. The van der Waals surface area contributed by atoms with Crippen LogP contribution >= 0.6 is 0 Å². The van der Waals surface area contributed by atoms with Crippen LogP contribution in [0, 0.1) is 6.92 Å². The first-order valence-corrected chi connectivity index (χ1v) is 5.85. The summed E-state index contributed by atoms with van der Waals surface area (Å²) in [4.78, 5) is 0. The average Bonchev–Trinajstić information content (AvgIpc) is 2.78. The van der Waals surface area contributed by atoms with Gasteiger partial charge in [-0.05, 0) is 30.5 Å². The minimum Gasteiger partial charge on any atom is -0.469 e. The van der Waals surface area contributed by atoms with Crippen LogP contribution in [0.15, 0.2) is 41.0 Å². The molecule has 0 amide bonds. The fraction of sp³-hybridized carbons (Fsp3) is 0.286. The first-order valence-electron chi connectivity index (χ1n) is 5.85. The molecule has 1 heterocycles. The molecule has 0 fully saturated rings. The van der Waals surface area contributed by atoms with Gasteiger partial charge in [-0.15, -0.1) is 0 Å². The van der Waals surface area contributed by atoms with Gasteiger partial charge in [0.25, 0.3) is 0 Å². The molecule has 90 valence electrons. The highest BCUT2D eigenvalue weighted by molar-refractivity contribution is 5.34. The molecule has 2 aromatic rings. The summed E-state index contributed by atoms with van der Waals surface area (Å²) >= 11 is 0. The lowest BCUT2D eigenvalue weighted by molar-refractivity contribution is 0.520. The van der Waals surface area contributed by atoms with Gasteiger partial charge >= 0.3 is 0 Å². The zero-order valence-corrected chi connectivity index (χ0v) is 10.2. The minimum atomic E-state index is -0.0142. The Bertz CT molecular complexity index is 473. The number of hydrogen-bond acceptors (Lipinski definition) is 3. The maximum Gasteiger partial charge on any atom is 0.105 e. The van der Waals surface area contributed by atoms with Gasteiger partial charge in [-0.2, -0.15) is 0 Å². The van der Waals surface area contributed by atoms with Crippen LogP contribution in [-0.2, 0) is 6.42 Å². The molecule has 3 heteroatoms. The molecule has 0 radical (unpaired) electrons. The fourth-order valence-electron chi connectivity index (χ4n) is 2.01. The molecule has 0 spiro atoms. The molecule has 3 nitrogen and oxygen atoms in total. The summed E-state index contributed by atoms with van der Waals surface area (Å²) in [7, 11) is 0. The van der Waals surface area contributed by atoms with Crippen LogP contribution in [0.3, 0.4) is 0 Å². The summed E-state index contributed by atoms with van der Waals surface area (Å²) in [6, 6.07) is 10.4. The van der Waals surface area contributed by atoms with Gasteiger partial charge in [-0.25, -0.2) is 5.43 Å². The highest BCUT2D eigenvalue weighted by Crippen LogP contribution is 2.25. The summed E-state index contributed by atoms with van der Waals surface area (Å²) in [6.07, 6.45) is 2.74. The van der Waals surface area contributed by atoms with Gasteiger partial charge in [0.1, 0.15) is 5.76 Å². The third-order valence-electron chi connectivity index (χ3n) is 3.10. The second-order valence-corrected chi connectivity index (χ2v) is 4.13. The number of hydrogen-bond donors (Lipinski definition) is 2. The molecular formula is C14H18N2O. The summed E-state index contributed by atoms with van der Waals surface area (Å²) in [5, 5.41) is 0. The monoisotopic (exact) mass is 230 g/mol. The summed E-state index contributed by atoms with van der Waals surface area (Å²) < 4.78 is 5.32. The Morgan fingerprint density at radius 1 is 1.24 bits per heavy atom. The second kappa shape index (κ2) is 5.17. The molecule has 1 unspecified atom stereocenters. The Hall–Kier alpha value is -1.58. The van der Waals surface area contributed by atoms with Crippen LogP contribution in [0.4, 0.5) is 0 Å². The lowest BCUT2D eigenvalue weighted by Crippen LogP contribution is -2.28. The number of nitrogens with two attached hydrogens (primary N) is 1. The van der Waals surface area contributed by atoms with E-state index in [1.807, 2.05) is 13.0 Å². The second-order valence-electron chi connectivity index (χ2n) is 4.13. The maximum absolute atomic E-state index is 5.64. The van der Waals surface area contributed by atoms with Crippen LogP contribution in [0.1, 0.15) is 35.4 Å². The number of rotatable bonds is 4. The van der Waals surface area contributed by atoms with E-state index < -0.39 is 0 Å². The van der Waals surface area contributed by atoms with E-state index in [4.69, 9.17) is 10.3 Å². The van der Waals surface area contributed by atoms with Gasteiger partial charge in [-0.1, -0.05) is 31.2 Å². The molecule has 2 rings (SSSR count). The van der Waals surface area contributed by atoms with Crippen molar-refractivity contribution in [1.29, 1.82) is 0 Å². The average molecular weight is 230 g/mol. The Balaban J connectivity index is 2.32. The van der Waals surface area contributed by atoms with Gasteiger partial charge in [0, 0.05) is 5.56 Å². The van der Waals surface area contributed by atoms with Crippen molar-refractivity contribution in [2.24, 2.45) is 5.84 Å². The molecule has 1 aromatic carbocycles. The lowest BCUT2D eigenvalue weighted by Gasteiger charge is -2.16. The Morgan fingerprint density at radius 2 is 1.94 bits per heavy atom. The van der Waals surface area contributed by atoms with E-state index in [0.29, 0.717) is 0 Å². The predicted octanol–water partition coefficient (Wildman–Crippen LogP) is 2.70. The number of furan rings is 1. The third kappa shape index (κ3) is 2.40. The standard InChI is InChI=1S/C14H18N2O/c1-3-11-4-6-12(7-5-11)14(16-15)13-8-9-17-10(13)2/h4-9,14,16H,3,15H2,1-2H3. The molecule has 1 aromatic heterocycles. The van der Waals surface area contributed by atoms with Crippen molar-refractivity contribution < 1.29 is 4.42 Å². The van der Waals surface area contributed by atoms with Crippen molar-refractivity contribution in [2.45, 2.75) is 26.3 Å². The number of hydrazine groups is 1. The minimum absolute atomic E-state index is 0.0142. The third-order valence-corrected chi connectivity index (χ3v) is 3.10. The van der Waals surface area contributed by atoms with E-state index in [2.05, 4.69) is 36.6 Å². The highest BCUT2D eigenvalue weighted by atomic mass is 16.3. The van der Waals surface area contributed by atoms with Gasteiger partial charge in [0.05, 0.1) is 12.3 Å². The summed E-state index contributed by atoms with van der Waals surface area (Å²) in [6.45, 7) is 4.09. The highest BCUT2D eigenvalue weighted by Gasteiger charge is 2.16. The molecule has 0 saturated carbocycles. The Labute approximate surface area is 102 Å². The van der Waals surface area contributed by atoms with E-state index >= 15 is 0 Å². The van der Waals surface area contributed by atoms with E-state index in [0.717, 1.165) is 23.3 Å². The van der Waals surface area contributed by atoms with Crippen molar-refractivity contribution in [1.82, 2.24) is 5.43 Å².